The van der Waals surface area contributed by atoms with Crippen molar-refractivity contribution in [2.45, 2.75) is 32.4 Å². The number of anilines is 1. The van der Waals surface area contributed by atoms with Crippen LogP contribution in [0.2, 0.25) is 5.02 Å². The van der Waals surface area contributed by atoms with Gasteiger partial charge in [-0.05, 0) is 55.3 Å². The van der Waals surface area contributed by atoms with E-state index < -0.39 is 5.66 Å². The molecule has 2 N–H and O–H groups in total. The number of nitrogens with one attached hydrogen (secondary N) is 2. The van der Waals surface area contributed by atoms with E-state index in [1.807, 2.05) is 32.0 Å². The number of nitrogens with zero attached hydrogens (tertiary/aromatic N) is 2. The van der Waals surface area contributed by atoms with Crippen LogP contribution in [0, 0.1) is 13.8 Å². The Morgan fingerprint density at radius 1 is 1.10 bits per heavy atom. The van der Waals surface area contributed by atoms with Crippen LogP contribution in [0.4, 0.5) is 10.5 Å². The van der Waals surface area contributed by atoms with E-state index >= 15 is 0 Å². The Morgan fingerprint density at radius 3 is 2.45 bits per heavy atom. The van der Waals surface area contributed by atoms with Crippen molar-refractivity contribution in [1.82, 2.24) is 10.2 Å². The maximum atomic E-state index is 12.6. The van der Waals surface area contributed by atoms with Gasteiger partial charge in [0, 0.05) is 42.2 Å². The minimum absolute atomic E-state index is 0.146. The molecule has 0 atom stereocenters. The summed E-state index contributed by atoms with van der Waals surface area (Å²) in [5.74, 6) is -0.146. The highest BCUT2D eigenvalue weighted by atomic mass is 35.5. The molecular weight excluding hydrogens is 388 g/mol. The van der Waals surface area contributed by atoms with E-state index in [0.717, 1.165) is 11.1 Å². The fraction of sp³-hybridized carbons (Fsp3) is 0.318. The van der Waals surface area contributed by atoms with Gasteiger partial charge in [0.1, 0.15) is 11.4 Å². The van der Waals surface area contributed by atoms with E-state index in [2.05, 4.69) is 10.6 Å². The summed E-state index contributed by atoms with van der Waals surface area (Å²) in [5.41, 5.74) is 3.71. The highest BCUT2D eigenvalue weighted by Crippen LogP contribution is 2.29. The van der Waals surface area contributed by atoms with Gasteiger partial charge in [-0.1, -0.05) is 23.7 Å². The summed E-state index contributed by atoms with van der Waals surface area (Å²) in [6.07, 6.45) is 1.17. The molecule has 0 unspecified atom stereocenters. The van der Waals surface area contributed by atoms with E-state index in [0.29, 0.717) is 42.4 Å². The molecule has 0 aromatic heterocycles. The van der Waals surface area contributed by atoms with E-state index in [4.69, 9.17) is 16.6 Å². The zero-order valence-corrected chi connectivity index (χ0v) is 17.2. The molecule has 1 fully saturated rings. The van der Waals surface area contributed by atoms with Gasteiger partial charge in [0.15, 0.2) is 0 Å². The quantitative estimate of drug-likeness (QED) is 0.787. The van der Waals surface area contributed by atoms with Crippen LogP contribution in [-0.4, -0.2) is 41.3 Å². The topological polar surface area (TPSA) is 73.8 Å². The van der Waals surface area contributed by atoms with E-state index in [-0.39, 0.29) is 11.9 Å². The lowest BCUT2D eigenvalue weighted by atomic mass is 9.98. The first-order chi connectivity index (χ1) is 13.8. The lowest BCUT2D eigenvalue weighted by Gasteiger charge is -2.37. The van der Waals surface area contributed by atoms with Crippen LogP contribution in [0.1, 0.15) is 29.5 Å². The Balaban J connectivity index is 1.43. The predicted octanol–water partition coefficient (Wildman–Crippen LogP) is 3.90. The maximum Gasteiger partial charge on any atom is 0.321 e. The number of hydrogen-bond acceptors (Lipinski definition) is 3. The molecule has 29 heavy (non-hydrogen) atoms. The molecule has 2 heterocycles. The zero-order valence-electron chi connectivity index (χ0n) is 16.5. The Morgan fingerprint density at radius 2 is 1.79 bits per heavy atom. The molecule has 2 aliphatic rings. The second kappa shape index (κ2) is 7.52. The second-order valence-corrected chi connectivity index (χ2v) is 8.11. The molecule has 7 heteroatoms. The van der Waals surface area contributed by atoms with Crippen molar-refractivity contribution in [3.63, 3.8) is 0 Å². The van der Waals surface area contributed by atoms with Gasteiger partial charge in [0.25, 0.3) is 5.91 Å². The van der Waals surface area contributed by atoms with Crippen molar-refractivity contribution in [3.8, 4) is 0 Å². The molecule has 4 rings (SSSR count). The van der Waals surface area contributed by atoms with Crippen molar-refractivity contribution in [2.75, 3.05) is 18.4 Å². The largest absolute Gasteiger partial charge is 0.326 e. The number of amides is 3. The average Bonchev–Trinajstić information content (AvgIpc) is 3.02. The Kier molecular flexibility index (Phi) is 5.04. The standard InChI is InChI=1S/C22H23ClN4O2/c1-14-3-4-16(13-15(14)2)19-20(28)26-22(25-19)9-11-27(12-10-22)21(29)24-18-7-5-17(23)6-8-18/h3-8,13H,9-12H2,1-2H3,(H,24,29)(H,26,28). The minimum atomic E-state index is -0.623. The molecular formula is C22H23ClN4O2. The maximum absolute atomic E-state index is 12.6. The fourth-order valence-electron chi connectivity index (χ4n) is 3.70. The molecule has 1 spiro atoms. The number of hydrogen-bond donors (Lipinski definition) is 2. The number of carbonyl (C=O) groups is 2. The molecule has 0 bridgehead atoms. The van der Waals surface area contributed by atoms with Crippen LogP contribution in [0.25, 0.3) is 0 Å². The van der Waals surface area contributed by atoms with Crippen LogP contribution in [0.15, 0.2) is 47.5 Å². The first-order valence-corrected chi connectivity index (χ1v) is 10.0. The number of aryl methyl sites for hydroxylation is 2. The van der Waals surface area contributed by atoms with Gasteiger partial charge in [-0.25, -0.2) is 4.79 Å². The lowest BCUT2D eigenvalue weighted by molar-refractivity contribution is -0.115. The average molecular weight is 411 g/mol. The van der Waals surface area contributed by atoms with Gasteiger partial charge in [-0.15, -0.1) is 0 Å². The number of carbonyl (C=O) groups excluding carboxylic acids is 2. The number of likely N-dealkylation sites (tertiary alicyclic amines) is 1. The number of halogens is 1. The Bertz CT molecular complexity index is 992. The molecule has 0 aliphatic carbocycles. The fourth-order valence-corrected chi connectivity index (χ4v) is 3.83. The number of aliphatic imine (C=N–C) groups is 1. The smallest absolute Gasteiger partial charge is 0.321 e. The number of urea groups is 1. The van der Waals surface area contributed by atoms with Gasteiger partial charge >= 0.3 is 6.03 Å². The summed E-state index contributed by atoms with van der Waals surface area (Å²) in [5, 5.41) is 6.55. The predicted molar refractivity (Wildman–Crippen MR) is 115 cm³/mol. The normalized spacial score (nSPS) is 17.8. The molecule has 0 saturated carbocycles. The molecule has 1 saturated heterocycles. The van der Waals surface area contributed by atoms with Crippen molar-refractivity contribution >= 4 is 34.9 Å². The van der Waals surface area contributed by atoms with Crippen molar-refractivity contribution in [3.05, 3.63) is 64.2 Å². The summed E-state index contributed by atoms with van der Waals surface area (Å²) in [6, 6.07) is 12.8. The molecule has 3 amide bonds. The van der Waals surface area contributed by atoms with Gasteiger partial charge < -0.3 is 15.5 Å². The Hall–Kier alpha value is -2.86. The third-order valence-corrected chi connectivity index (χ3v) is 5.89. The summed E-state index contributed by atoms with van der Waals surface area (Å²) >= 11 is 5.88. The third kappa shape index (κ3) is 3.98. The molecule has 6 nitrogen and oxygen atoms in total. The zero-order chi connectivity index (χ0) is 20.6. The van der Waals surface area contributed by atoms with Crippen molar-refractivity contribution in [2.24, 2.45) is 4.99 Å². The number of piperidine rings is 1. The summed E-state index contributed by atoms with van der Waals surface area (Å²) in [6.45, 7) is 5.11. The second-order valence-electron chi connectivity index (χ2n) is 7.67. The van der Waals surface area contributed by atoms with Gasteiger partial charge in [0.05, 0.1) is 0 Å². The first kappa shape index (κ1) is 19.5. The Labute approximate surface area is 175 Å². The molecule has 2 aromatic rings. The van der Waals surface area contributed by atoms with Crippen LogP contribution < -0.4 is 10.6 Å². The van der Waals surface area contributed by atoms with Crippen molar-refractivity contribution < 1.29 is 9.59 Å². The molecule has 0 radical (unpaired) electrons. The van der Waals surface area contributed by atoms with E-state index in [1.54, 1.807) is 29.2 Å². The van der Waals surface area contributed by atoms with Gasteiger partial charge in [-0.3, -0.25) is 9.79 Å². The van der Waals surface area contributed by atoms with Crippen LogP contribution in [-0.2, 0) is 4.79 Å². The van der Waals surface area contributed by atoms with Crippen LogP contribution in [0.3, 0.4) is 0 Å². The van der Waals surface area contributed by atoms with E-state index in [1.165, 1.54) is 5.56 Å². The highest BCUT2D eigenvalue weighted by molar-refractivity contribution is 6.46. The minimum Gasteiger partial charge on any atom is -0.326 e. The SMILES string of the molecule is Cc1ccc(C2=NC3(CCN(C(=O)Nc4ccc(Cl)cc4)CC3)NC2=O)cc1C. The van der Waals surface area contributed by atoms with Crippen LogP contribution >= 0.6 is 11.6 Å². The monoisotopic (exact) mass is 410 g/mol. The number of rotatable bonds is 2. The number of benzene rings is 2. The van der Waals surface area contributed by atoms with Crippen LogP contribution in [0.5, 0.6) is 0 Å². The van der Waals surface area contributed by atoms with Crippen molar-refractivity contribution in [1.29, 1.82) is 0 Å². The summed E-state index contributed by atoms with van der Waals surface area (Å²) in [7, 11) is 0. The highest BCUT2D eigenvalue weighted by Gasteiger charge is 2.42. The van der Waals surface area contributed by atoms with Gasteiger partial charge in [-0.2, -0.15) is 0 Å². The summed E-state index contributed by atoms with van der Waals surface area (Å²) < 4.78 is 0. The molecule has 2 aromatic carbocycles. The molecule has 2 aliphatic heterocycles. The van der Waals surface area contributed by atoms with Gasteiger partial charge in [0.2, 0.25) is 0 Å². The summed E-state index contributed by atoms with van der Waals surface area (Å²) in [4.78, 5) is 31.6. The van der Waals surface area contributed by atoms with E-state index in [9.17, 15) is 9.59 Å². The first-order valence-electron chi connectivity index (χ1n) is 9.67. The third-order valence-electron chi connectivity index (χ3n) is 5.64. The molecule has 150 valence electrons. The lowest BCUT2D eigenvalue weighted by Crippen LogP contribution is -2.53.